The summed E-state index contributed by atoms with van der Waals surface area (Å²) in [4.78, 5) is 12.5. The summed E-state index contributed by atoms with van der Waals surface area (Å²) in [6.07, 6.45) is -0.640. The number of H-pyrrole nitrogens is 1. The van der Waals surface area contributed by atoms with E-state index in [0.29, 0.717) is 17.8 Å². The maximum absolute atomic E-state index is 12.5. The molecule has 6 nitrogen and oxygen atoms in total. The van der Waals surface area contributed by atoms with Crippen LogP contribution in [0.4, 0.5) is 5.69 Å². The fourth-order valence-corrected chi connectivity index (χ4v) is 2.24. The fraction of sp³-hybridized carbons (Fsp3) is 0.188. The number of hydrogen-bond donors (Lipinski definition) is 2. The molecule has 1 amide bonds. The second-order valence-corrected chi connectivity index (χ2v) is 4.76. The number of nitrogens with one attached hydrogen (secondary N) is 2. The lowest BCUT2D eigenvalue weighted by molar-refractivity contribution is -0.127. The first-order chi connectivity index (χ1) is 10.8. The van der Waals surface area contributed by atoms with Crippen LogP contribution in [-0.4, -0.2) is 27.9 Å². The van der Waals surface area contributed by atoms with Crippen LogP contribution in [0.2, 0.25) is 0 Å². The highest BCUT2D eigenvalue weighted by Crippen LogP contribution is 2.21. The molecule has 1 aromatic heterocycles. The van der Waals surface area contributed by atoms with Crippen LogP contribution in [0.5, 0.6) is 0 Å². The van der Waals surface area contributed by atoms with Gasteiger partial charge >= 0.3 is 0 Å². The van der Waals surface area contributed by atoms with Crippen molar-refractivity contribution in [2.45, 2.75) is 13.0 Å². The van der Waals surface area contributed by atoms with Crippen molar-refractivity contribution in [2.24, 2.45) is 0 Å². The highest BCUT2D eigenvalue weighted by atomic mass is 16.5. The summed E-state index contributed by atoms with van der Waals surface area (Å²) in [5.41, 5.74) is 2.93. The van der Waals surface area contributed by atoms with Gasteiger partial charge in [0.25, 0.3) is 5.91 Å². The third kappa shape index (κ3) is 2.96. The highest BCUT2D eigenvalue weighted by molar-refractivity contribution is 5.96. The average molecular weight is 296 g/mol. The predicted molar refractivity (Wildman–Crippen MR) is 83.3 cm³/mol. The second kappa shape index (κ2) is 6.36. The summed E-state index contributed by atoms with van der Waals surface area (Å²) in [5, 5.41) is 13.4. The number of aromatic nitrogens is 3. The molecule has 0 aliphatic carbocycles. The normalized spacial score (nSPS) is 12.2. The Kier molecular flexibility index (Phi) is 4.11. The van der Waals surface area contributed by atoms with Gasteiger partial charge < -0.3 is 10.1 Å². The Labute approximate surface area is 127 Å². The van der Waals surface area contributed by atoms with Crippen LogP contribution < -0.4 is 5.32 Å². The van der Waals surface area contributed by atoms with Crippen molar-refractivity contribution < 1.29 is 9.53 Å². The lowest BCUT2D eigenvalue weighted by Gasteiger charge is -2.17. The largest absolute Gasteiger partial charge is 0.364 e. The van der Waals surface area contributed by atoms with Crippen LogP contribution >= 0.6 is 0 Å². The van der Waals surface area contributed by atoms with Crippen LogP contribution in [0.25, 0.3) is 11.0 Å². The van der Waals surface area contributed by atoms with Gasteiger partial charge in [0.2, 0.25) is 0 Å². The zero-order chi connectivity index (χ0) is 15.4. The van der Waals surface area contributed by atoms with E-state index in [1.54, 1.807) is 18.2 Å². The molecule has 0 radical (unpaired) electrons. The molecule has 0 unspecified atom stereocenters. The first-order valence-electron chi connectivity index (χ1n) is 7.06. The van der Waals surface area contributed by atoms with Gasteiger partial charge in [0.1, 0.15) is 11.0 Å². The Morgan fingerprint density at radius 2 is 1.95 bits per heavy atom. The van der Waals surface area contributed by atoms with Gasteiger partial charge in [-0.15, -0.1) is 0 Å². The summed E-state index contributed by atoms with van der Waals surface area (Å²) in [5.74, 6) is -0.212. The number of ether oxygens (including phenoxy) is 1. The predicted octanol–water partition coefficient (Wildman–Crippen LogP) is 2.67. The molecule has 1 atom stereocenters. The number of hydrogen-bond acceptors (Lipinski definition) is 4. The monoisotopic (exact) mass is 296 g/mol. The quantitative estimate of drug-likeness (QED) is 0.758. The summed E-state index contributed by atoms with van der Waals surface area (Å²) < 4.78 is 5.59. The number of carbonyl (C=O) groups excluding carboxylic acids is 1. The summed E-state index contributed by atoms with van der Waals surface area (Å²) in [6, 6.07) is 14.8. The lowest BCUT2D eigenvalue weighted by Crippen LogP contribution is -2.23. The number of nitrogens with zero attached hydrogens (tertiary/aromatic N) is 2. The molecule has 6 heteroatoms. The fourth-order valence-electron chi connectivity index (χ4n) is 2.24. The zero-order valence-corrected chi connectivity index (χ0v) is 12.1. The van der Waals surface area contributed by atoms with Crippen LogP contribution in [0.15, 0.2) is 48.5 Å². The van der Waals surface area contributed by atoms with E-state index in [0.717, 1.165) is 11.1 Å². The Bertz CT molecular complexity index is 770. The van der Waals surface area contributed by atoms with Gasteiger partial charge in [-0.25, -0.2) is 0 Å². The SMILES string of the molecule is CCO[C@H](C(=O)Nc1ccc2n[nH]nc2c1)c1ccccc1. The molecular weight excluding hydrogens is 280 g/mol. The van der Waals surface area contributed by atoms with Gasteiger partial charge in [-0.1, -0.05) is 30.3 Å². The van der Waals surface area contributed by atoms with Crippen LogP contribution in [0.3, 0.4) is 0 Å². The van der Waals surface area contributed by atoms with Gasteiger partial charge in [-0.05, 0) is 30.7 Å². The highest BCUT2D eigenvalue weighted by Gasteiger charge is 2.21. The third-order valence-electron chi connectivity index (χ3n) is 3.26. The topological polar surface area (TPSA) is 79.9 Å². The van der Waals surface area contributed by atoms with Crippen LogP contribution in [-0.2, 0) is 9.53 Å². The Hall–Kier alpha value is -2.73. The molecule has 0 aliphatic rings. The number of carbonyl (C=O) groups is 1. The van der Waals surface area contributed by atoms with E-state index in [9.17, 15) is 4.79 Å². The van der Waals surface area contributed by atoms with E-state index in [2.05, 4.69) is 20.7 Å². The minimum atomic E-state index is -0.640. The van der Waals surface area contributed by atoms with Crippen LogP contribution in [0.1, 0.15) is 18.6 Å². The number of benzene rings is 2. The molecule has 2 aromatic carbocycles. The second-order valence-electron chi connectivity index (χ2n) is 4.76. The Balaban J connectivity index is 1.81. The third-order valence-corrected chi connectivity index (χ3v) is 3.26. The van der Waals surface area contributed by atoms with E-state index in [1.807, 2.05) is 37.3 Å². The van der Waals surface area contributed by atoms with Gasteiger partial charge in [-0.2, -0.15) is 15.4 Å². The number of aromatic amines is 1. The molecule has 112 valence electrons. The molecule has 2 N–H and O–H groups in total. The lowest BCUT2D eigenvalue weighted by atomic mass is 10.1. The summed E-state index contributed by atoms with van der Waals surface area (Å²) >= 11 is 0. The molecule has 0 saturated carbocycles. The smallest absolute Gasteiger partial charge is 0.258 e. The molecule has 0 aliphatic heterocycles. The average Bonchev–Trinajstić information content (AvgIpc) is 3.01. The molecule has 1 heterocycles. The van der Waals surface area contributed by atoms with Crippen molar-refractivity contribution in [1.29, 1.82) is 0 Å². The first kappa shape index (κ1) is 14.2. The molecule has 3 rings (SSSR count). The van der Waals surface area contributed by atoms with E-state index < -0.39 is 6.10 Å². The standard InChI is InChI=1S/C16H16N4O2/c1-2-22-15(11-6-4-3-5-7-11)16(21)17-12-8-9-13-14(10-12)19-20-18-13/h3-10,15H,2H2,1H3,(H,17,21)(H,18,19,20)/t15-/m0/s1. The minimum Gasteiger partial charge on any atom is -0.364 e. The molecule has 3 aromatic rings. The van der Waals surface area contributed by atoms with E-state index in [4.69, 9.17) is 4.74 Å². The number of fused-ring (bicyclic) bond motifs is 1. The van der Waals surface area contributed by atoms with Gasteiger partial charge in [0, 0.05) is 12.3 Å². The summed E-state index contributed by atoms with van der Waals surface area (Å²) in [6.45, 7) is 2.32. The van der Waals surface area contributed by atoms with Crippen molar-refractivity contribution in [2.75, 3.05) is 11.9 Å². The van der Waals surface area contributed by atoms with Crippen molar-refractivity contribution >= 4 is 22.6 Å². The number of amides is 1. The first-order valence-corrected chi connectivity index (χ1v) is 7.06. The van der Waals surface area contributed by atoms with Crippen molar-refractivity contribution in [3.8, 4) is 0 Å². The van der Waals surface area contributed by atoms with Gasteiger partial charge in [0.05, 0.1) is 0 Å². The maximum Gasteiger partial charge on any atom is 0.258 e. The summed E-state index contributed by atoms with van der Waals surface area (Å²) in [7, 11) is 0. The van der Waals surface area contributed by atoms with E-state index in [1.165, 1.54) is 0 Å². The zero-order valence-electron chi connectivity index (χ0n) is 12.1. The molecule has 22 heavy (non-hydrogen) atoms. The molecule has 0 fully saturated rings. The maximum atomic E-state index is 12.5. The van der Waals surface area contributed by atoms with E-state index in [-0.39, 0.29) is 5.91 Å². The minimum absolute atomic E-state index is 0.212. The number of anilines is 1. The van der Waals surface area contributed by atoms with Gasteiger partial charge in [-0.3, -0.25) is 4.79 Å². The Morgan fingerprint density at radius 1 is 1.18 bits per heavy atom. The molecule has 0 saturated heterocycles. The van der Waals surface area contributed by atoms with Gasteiger partial charge in [0.15, 0.2) is 6.10 Å². The van der Waals surface area contributed by atoms with E-state index >= 15 is 0 Å². The Morgan fingerprint density at radius 3 is 2.73 bits per heavy atom. The van der Waals surface area contributed by atoms with Crippen LogP contribution in [0, 0.1) is 0 Å². The van der Waals surface area contributed by atoms with Crippen molar-refractivity contribution in [3.63, 3.8) is 0 Å². The molecule has 0 spiro atoms. The van der Waals surface area contributed by atoms with Crippen molar-refractivity contribution in [1.82, 2.24) is 15.4 Å². The number of rotatable bonds is 5. The van der Waals surface area contributed by atoms with Crippen molar-refractivity contribution in [3.05, 3.63) is 54.1 Å². The molecule has 0 bridgehead atoms. The molecular formula is C16H16N4O2.